The number of carbonyl (C=O) groups excluding carboxylic acids is 1. The van der Waals surface area contributed by atoms with Gasteiger partial charge in [0.15, 0.2) is 0 Å². The molecule has 0 saturated carbocycles. The number of ether oxygens (including phenoxy) is 1. The lowest BCUT2D eigenvalue weighted by Crippen LogP contribution is -2.38. The molecule has 1 atom stereocenters. The summed E-state index contributed by atoms with van der Waals surface area (Å²) in [4.78, 5) is 12.7. The topological polar surface area (TPSA) is 38.3 Å². The smallest absolute Gasteiger partial charge is 0.324 e. The van der Waals surface area contributed by atoms with E-state index >= 15 is 0 Å². The van der Waals surface area contributed by atoms with Crippen LogP contribution in [0.2, 0.25) is 0 Å². The molecule has 0 fully saturated rings. The first-order valence-electron chi connectivity index (χ1n) is 4.98. The molecular weight excluding hydrogens is 210 g/mol. The number of hydrogen-bond donors (Lipinski definition) is 1. The molecule has 1 aliphatic heterocycles. The first kappa shape index (κ1) is 10.5. The normalized spacial score (nSPS) is 19.4. The van der Waals surface area contributed by atoms with E-state index in [1.54, 1.807) is 0 Å². The Labute approximate surface area is 93.3 Å². The Hall–Kier alpha value is -1.00. The van der Waals surface area contributed by atoms with E-state index in [0.717, 1.165) is 0 Å². The van der Waals surface area contributed by atoms with Crippen LogP contribution in [-0.4, -0.2) is 18.6 Å². The molecule has 4 heteroatoms. The SMILES string of the molecule is CCOC(=O)[C@H]1Cc2ccccc2SN1. The van der Waals surface area contributed by atoms with Crippen molar-refractivity contribution < 1.29 is 9.53 Å². The van der Waals surface area contributed by atoms with Crippen LogP contribution in [0.25, 0.3) is 0 Å². The van der Waals surface area contributed by atoms with Gasteiger partial charge in [-0.15, -0.1) is 0 Å². The lowest BCUT2D eigenvalue weighted by molar-refractivity contribution is -0.145. The number of fused-ring (bicyclic) bond motifs is 1. The predicted molar refractivity (Wildman–Crippen MR) is 59.6 cm³/mol. The molecule has 0 unspecified atom stereocenters. The summed E-state index contributed by atoms with van der Waals surface area (Å²) in [6.45, 7) is 2.26. The largest absolute Gasteiger partial charge is 0.465 e. The third kappa shape index (κ3) is 2.33. The van der Waals surface area contributed by atoms with E-state index in [1.807, 2.05) is 25.1 Å². The zero-order chi connectivity index (χ0) is 10.7. The van der Waals surface area contributed by atoms with E-state index in [9.17, 15) is 4.79 Å². The second kappa shape index (κ2) is 4.68. The van der Waals surface area contributed by atoms with Gasteiger partial charge in [-0.3, -0.25) is 4.79 Å². The molecule has 80 valence electrons. The van der Waals surface area contributed by atoms with Crippen LogP contribution in [0.15, 0.2) is 29.2 Å². The third-order valence-electron chi connectivity index (χ3n) is 2.28. The van der Waals surface area contributed by atoms with Crippen LogP contribution < -0.4 is 4.72 Å². The van der Waals surface area contributed by atoms with Gasteiger partial charge in [0.05, 0.1) is 6.61 Å². The van der Waals surface area contributed by atoms with Crippen molar-refractivity contribution in [3.63, 3.8) is 0 Å². The Morgan fingerprint density at radius 3 is 3.20 bits per heavy atom. The minimum atomic E-state index is -0.218. The summed E-state index contributed by atoms with van der Waals surface area (Å²) in [7, 11) is 0. The van der Waals surface area contributed by atoms with E-state index in [4.69, 9.17) is 4.74 Å². The molecule has 0 spiro atoms. The minimum Gasteiger partial charge on any atom is -0.465 e. The summed E-state index contributed by atoms with van der Waals surface area (Å²) in [5.74, 6) is -0.167. The van der Waals surface area contributed by atoms with Crippen LogP contribution in [0.4, 0.5) is 0 Å². The Morgan fingerprint density at radius 1 is 1.60 bits per heavy atom. The molecule has 3 nitrogen and oxygen atoms in total. The molecular formula is C11H13NO2S. The van der Waals surface area contributed by atoms with Crippen LogP contribution in [0.5, 0.6) is 0 Å². The molecule has 0 aromatic heterocycles. The Morgan fingerprint density at radius 2 is 2.40 bits per heavy atom. The maximum absolute atomic E-state index is 11.5. The maximum atomic E-state index is 11.5. The first-order valence-corrected chi connectivity index (χ1v) is 5.80. The van der Waals surface area contributed by atoms with E-state index < -0.39 is 0 Å². The van der Waals surface area contributed by atoms with Crippen molar-refractivity contribution in [3.05, 3.63) is 29.8 Å². The van der Waals surface area contributed by atoms with Gasteiger partial charge in [0.1, 0.15) is 6.04 Å². The summed E-state index contributed by atoms with van der Waals surface area (Å²) in [6.07, 6.45) is 0.710. The predicted octanol–water partition coefficient (Wildman–Crippen LogP) is 1.77. The van der Waals surface area contributed by atoms with Gasteiger partial charge in [-0.25, -0.2) is 4.72 Å². The molecule has 15 heavy (non-hydrogen) atoms. The van der Waals surface area contributed by atoms with Gasteiger partial charge in [-0.2, -0.15) is 0 Å². The van der Waals surface area contributed by atoms with Crippen LogP contribution in [0.3, 0.4) is 0 Å². The van der Waals surface area contributed by atoms with E-state index in [2.05, 4.69) is 10.8 Å². The van der Waals surface area contributed by atoms with Crippen molar-refractivity contribution in [2.45, 2.75) is 24.3 Å². The first-order chi connectivity index (χ1) is 7.31. The van der Waals surface area contributed by atoms with Crippen molar-refractivity contribution >= 4 is 17.9 Å². The lowest BCUT2D eigenvalue weighted by Gasteiger charge is -2.23. The fourth-order valence-corrected chi connectivity index (χ4v) is 2.42. The van der Waals surface area contributed by atoms with Crippen molar-refractivity contribution in [2.24, 2.45) is 0 Å². The fourth-order valence-electron chi connectivity index (χ4n) is 1.54. The molecule has 1 aromatic rings. The molecule has 0 radical (unpaired) electrons. The Balaban J connectivity index is 2.08. The van der Waals surface area contributed by atoms with E-state index in [0.29, 0.717) is 13.0 Å². The van der Waals surface area contributed by atoms with Gasteiger partial charge < -0.3 is 4.74 Å². The van der Waals surface area contributed by atoms with Crippen LogP contribution >= 0.6 is 11.9 Å². The van der Waals surface area contributed by atoms with E-state index in [-0.39, 0.29) is 12.0 Å². The molecule has 0 bridgehead atoms. The van der Waals surface area contributed by atoms with Crippen molar-refractivity contribution in [3.8, 4) is 0 Å². The van der Waals surface area contributed by atoms with Gasteiger partial charge in [0.2, 0.25) is 0 Å². The highest BCUT2D eigenvalue weighted by Crippen LogP contribution is 2.26. The number of carbonyl (C=O) groups is 1. The van der Waals surface area contributed by atoms with Crippen molar-refractivity contribution in [2.75, 3.05) is 6.61 Å². The molecule has 1 aromatic carbocycles. The highest BCUT2D eigenvalue weighted by molar-refractivity contribution is 7.97. The number of rotatable bonds is 2. The lowest BCUT2D eigenvalue weighted by atomic mass is 10.1. The second-order valence-electron chi connectivity index (χ2n) is 3.34. The van der Waals surface area contributed by atoms with Crippen molar-refractivity contribution in [1.29, 1.82) is 0 Å². The summed E-state index contributed by atoms with van der Waals surface area (Å²) in [5, 5.41) is 0. The zero-order valence-electron chi connectivity index (χ0n) is 8.53. The minimum absolute atomic E-state index is 0.167. The maximum Gasteiger partial charge on any atom is 0.324 e. The fraction of sp³-hybridized carbons (Fsp3) is 0.364. The van der Waals surface area contributed by atoms with Gasteiger partial charge >= 0.3 is 5.97 Å². The van der Waals surface area contributed by atoms with Crippen LogP contribution in [-0.2, 0) is 16.0 Å². The number of hydrogen-bond acceptors (Lipinski definition) is 4. The summed E-state index contributed by atoms with van der Waals surface area (Å²) in [6, 6.07) is 7.87. The Bertz CT molecular complexity index is 367. The standard InChI is InChI=1S/C11H13NO2S/c1-2-14-11(13)9-7-8-5-3-4-6-10(8)15-12-9/h3-6,9,12H,2,7H2,1H3/t9-/m1/s1. The molecule has 1 aliphatic rings. The third-order valence-corrected chi connectivity index (χ3v) is 3.30. The number of nitrogens with one attached hydrogen (secondary N) is 1. The molecule has 1 N–H and O–H groups in total. The van der Waals surface area contributed by atoms with Gasteiger partial charge in [-0.1, -0.05) is 18.2 Å². The molecule has 0 saturated heterocycles. The molecule has 1 heterocycles. The zero-order valence-corrected chi connectivity index (χ0v) is 9.34. The van der Waals surface area contributed by atoms with Crippen LogP contribution in [0, 0.1) is 0 Å². The van der Waals surface area contributed by atoms with Gasteiger partial charge in [-0.05, 0) is 30.5 Å². The molecule has 2 rings (SSSR count). The quantitative estimate of drug-likeness (QED) is 0.612. The summed E-state index contributed by atoms with van der Waals surface area (Å²) < 4.78 is 8.08. The number of benzene rings is 1. The summed E-state index contributed by atoms with van der Waals surface area (Å²) >= 11 is 1.50. The average molecular weight is 223 g/mol. The second-order valence-corrected chi connectivity index (χ2v) is 4.22. The van der Waals surface area contributed by atoms with Crippen molar-refractivity contribution in [1.82, 2.24) is 4.72 Å². The average Bonchev–Trinajstić information content (AvgIpc) is 2.29. The van der Waals surface area contributed by atoms with Crippen LogP contribution in [0.1, 0.15) is 12.5 Å². The number of esters is 1. The molecule has 0 aliphatic carbocycles. The van der Waals surface area contributed by atoms with Gasteiger partial charge in [0.25, 0.3) is 0 Å². The highest BCUT2D eigenvalue weighted by atomic mass is 32.2. The highest BCUT2D eigenvalue weighted by Gasteiger charge is 2.25. The van der Waals surface area contributed by atoms with Gasteiger partial charge in [0, 0.05) is 11.3 Å². The monoisotopic (exact) mass is 223 g/mol. The molecule has 0 amide bonds. The Kier molecular flexibility index (Phi) is 3.28. The van der Waals surface area contributed by atoms with E-state index in [1.165, 1.54) is 22.4 Å². The summed E-state index contributed by atoms with van der Waals surface area (Å²) in [5.41, 5.74) is 1.21.